The van der Waals surface area contributed by atoms with Crippen molar-refractivity contribution >= 4 is 18.3 Å². The van der Waals surface area contributed by atoms with Crippen molar-refractivity contribution in [2.45, 2.75) is 24.8 Å². The minimum Gasteiger partial charge on any atom is -0.498 e. The summed E-state index contributed by atoms with van der Waals surface area (Å²) in [5, 5.41) is 11.6. The number of methoxy groups -OCH3 is 1. The number of piperidine rings is 1. The lowest BCUT2D eigenvalue weighted by Gasteiger charge is -2.44. The van der Waals surface area contributed by atoms with Crippen molar-refractivity contribution in [1.29, 1.82) is 0 Å². The number of halogens is 1. The van der Waals surface area contributed by atoms with E-state index in [1.165, 1.54) is 12.1 Å². The van der Waals surface area contributed by atoms with Gasteiger partial charge in [0.05, 0.1) is 20.2 Å². The van der Waals surface area contributed by atoms with E-state index in [2.05, 4.69) is 4.74 Å². The molecule has 1 aliphatic heterocycles. The second-order valence-corrected chi connectivity index (χ2v) is 5.68. The third-order valence-corrected chi connectivity index (χ3v) is 4.56. The number of rotatable bonds is 4. The largest absolute Gasteiger partial charge is 0.498 e. The molecule has 1 fully saturated rings. The highest BCUT2D eigenvalue weighted by atomic mass is 19.1. The van der Waals surface area contributed by atoms with Crippen LogP contribution >= 0.6 is 0 Å². The minimum absolute atomic E-state index is 0.0474. The second kappa shape index (κ2) is 6.87. The number of esters is 1. The number of likely N-dealkylation sites (tertiary alicyclic amines) is 1. The number of quaternary nitrogens is 1. The third-order valence-electron chi connectivity index (χ3n) is 4.56. The fourth-order valence-corrected chi connectivity index (χ4v) is 3.17. The van der Waals surface area contributed by atoms with Crippen LogP contribution in [0.25, 0.3) is 0 Å². The van der Waals surface area contributed by atoms with Crippen LogP contribution in [0.15, 0.2) is 24.3 Å². The van der Waals surface area contributed by atoms with Crippen molar-refractivity contribution in [3.8, 4) is 0 Å². The predicted octanol–water partition coefficient (Wildman–Crippen LogP) is 0.604. The Morgan fingerprint density at radius 2 is 1.87 bits per heavy atom. The van der Waals surface area contributed by atoms with Crippen molar-refractivity contribution in [2.75, 3.05) is 20.2 Å². The predicted molar refractivity (Wildman–Crippen MR) is 75.6 cm³/mol. The molecule has 0 radical (unpaired) electrons. The number of aldehydes is 1. The van der Waals surface area contributed by atoms with Gasteiger partial charge in [-0.2, -0.15) is 0 Å². The SMILES string of the molecule is COC(=O)C(C=O)[N+]1(C(=O)[O-])CCC(c2ccc(F)cc2)CC1. The molecule has 7 heteroatoms. The molecule has 1 amide bonds. The van der Waals surface area contributed by atoms with E-state index in [1.807, 2.05) is 0 Å². The molecular weight excluding hydrogens is 305 g/mol. The Labute approximate surface area is 133 Å². The Kier molecular flexibility index (Phi) is 5.10. The molecule has 1 heterocycles. The van der Waals surface area contributed by atoms with Crippen LogP contribution in [-0.4, -0.2) is 49.1 Å². The molecule has 6 nitrogen and oxygen atoms in total. The maximum Gasteiger partial charge on any atom is 0.373 e. The fraction of sp³-hybridized carbons (Fsp3) is 0.438. The normalized spacial score (nSPS) is 25.4. The highest BCUT2D eigenvalue weighted by Gasteiger charge is 2.47. The van der Waals surface area contributed by atoms with Crippen LogP contribution in [-0.2, 0) is 14.3 Å². The van der Waals surface area contributed by atoms with Crippen molar-refractivity contribution in [2.24, 2.45) is 0 Å². The number of carbonyl (C=O) groups excluding carboxylic acids is 3. The Morgan fingerprint density at radius 3 is 2.30 bits per heavy atom. The standard InChI is InChI=1S/C16H18FNO5/c1-23-15(20)14(10-19)18(16(21)22)8-6-12(7-9-18)11-2-4-13(17)5-3-11/h2-5,10,12,14H,6-9H2,1H3. The number of ether oxygens (including phenoxy) is 1. The monoisotopic (exact) mass is 323 g/mol. The van der Waals surface area contributed by atoms with Gasteiger partial charge in [-0.1, -0.05) is 12.1 Å². The van der Waals surface area contributed by atoms with E-state index in [-0.39, 0.29) is 24.8 Å². The van der Waals surface area contributed by atoms with Gasteiger partial charge in [0, 0.05) is 12.8 Å². The van der Waals surface area contributed by atoms with Gasteiger partial charge in [-0.25, -0.2) is 9.18 Å². The van der Waals surface area contributed by atoms with Crippen LogP contribution in [0.5, 0.6) is 0 Å². The highest BCUT2D eigenvalue weighted by molar-refractivity contribution is 5.92. The smallest absolute Gasteiger partial charge is 0.373 e. The molecule has 0 aliphatic carbocycles. The fourth-order valence-electron chi connectivity index (χ4n) is 3.17. The van der Waals surface area contributed by atoms with Crippen molar-refractivity contribution in [3.05, 3.63) is 35.6 Å². The number of nitrogens with zero attached hydrogens (tertiary/aromatic N) is 1. The summed E-state index contributed by atoms with van der Waals surface area (Å²) in [6.45, 7) is 0.145. The van der Waals surface area contributed by atoms with E-state index >= 15 is 0 Å². The van der Waals surface area contributed by atoms with Crippen LogP contribution in [0.1, 0.15) is 24.3 Å². The zero-order valence-electron chi connectivity index (χ0n) is 12.7. The first-order valence-electron chi connectivity index (χ1n) is 7.31. The molecule has 0 N–H and O–H groups in total. The molecule has 0 aromatic heterocycles. The molecule has 23 heavy (non-hydrogen) atoms. The summed E-state index contributed by atoms with van der Waals surface area (Å²) in [5.74, 6) is -1.17. The molecule has 1 saturated heterocycles. The lowest BCUT2D eigenvalue weighted by Crippen LogP contribution is -2.69. The van der Waals surface area contributed by atoms with E-state index in [9.17, 15) is 23.9 Å². The summed E-state index contributed by atoms with van der Waals surface area (Å²) in [4.78, 5) is 34.6. The van der Waals surface area contributed by atoms with Gasteiger partial charge in [-0.05, 0) is 23.6 Å². The molecule has 1 aliphatic rings. The van der Waals surface area contributed by atoms with Crippen LogP contribution in [0.4, 0.5) is 9.18 Å². The van der Waals surface area contributed by atoms with E-state index in [0.29, 0.717) is 19.1 Å². The quantitative estimate of drug-likeness (QED) is 0.351. The first-order valence-corrected chi connectivity index (χ1v) is 7.31. The minimum atomic E-state index is -1.47. The Hall–Kier alpha value is -2.28. The molecular formula is C16H18FNO5. The number of carboxylic acid groups (broad SMARTS) is 1. The van der Waals surface area contributed by atoms with Gasteiger partial charge in [-0.3, -0.25) is 9.28 Å². The van der Waals surface area contributed by atoms with Crippen molar-refractivity contribution in [1.82, 2.24) is 0 Å². The van der Waals surface area contributed by atoms with Crippen LogP contribution in [0, 0.1) is 5.82 Å². The molecule has 1 aromatic rings. The number of carbonyl (C=O) groups is 3. The maximum absolute atomic E-state index is 13.0. The Balaban J connectivity index is 2.20. The summed E-state index contributed by atoms with van der Waals surface area (Å²) in [7, 11) is 1.11. The number of hydrogen-bond acceptors (Lipinski definition) is 5. The first kappa shape index (κ1) is 17.1. The molecule has 124 valence electrons. The molecule has 1 aromatic carbocycles. The summed E-state index contributed by atoms with van der Waals surface area (Å²) in [6, 6.07) is 4.60. The third kappa shape index (κ3) is 3.24. The molecule has 0 spiro atoms. The van der Waals surface area contributed by atoms with Crippen molar-refractivity contribution in [3.63, 3.8) is 0 Å². The number of benzene rings is 1. The van der Waals surface area contributed by atoms with Gasteiger partial charge in [-0.15, -0.1) is 0 Å². The Bertz CT molecular complexity index is 593. The summed E-state index contributed by atoms with van der Waals surface area (Å²) >= 11 is 0. The zero-order chi connectivity index (χ0) is 17.0. The van der Waals surface area contributed by atoms with Crippen LogP contribution in [0.2, 0.25) is 0 Å². The van der Waals surface area contributed by atoms with Crippen LogP contribution in [0.3, 0.4) is 0 Å². The molecule has 2 rings (SSSR count). The maximum atomic E-state index is 13.0. The van der Waals surface area contributed by atoms with Gasteiger partial charge < -0.3 is 14.6 Å². The zero-order valence-corrected chi connectivity index (χ0v) is 12.7. The van der Waals surface area contributed by atoms with E-state index in [1.54, 1.807) is 12.1 Å². The molecule has 1 unspecified atom stereocenters. The average molecular weight is 323 g/mol. The van der Waals surface area contributed by atoms with E-state index < -0.39 is 22.6 Å². The van der Waals surface area contributed by atoms with Crippen LogP contribution < -0.4 is 5.11 Å². The summed E-state index contributed by atoms with van der Waals surface area (Å²) in [6.07, 6.45) is -0.271. The van der Waals surface area contributed by atoms with Gasteiger partial charge in [0.1, 0.15) is 5.82 Å². The number of hydrogen-bond donors (Lipinski definition) is 0. The molecule has 0 saturated carbocycles. The van der Waals surface area contributed by atoms with Gasteiger partial charge >= 0.3 is 5.97 Å². The Morgan fingerprint density at radius 1 is 1.30 bits per heavy atom. The van der Waals surface area contributed by atoms with Gasteiger partial charge in [0.15, 0.2) is 6.29 Å². The number of amides is 1. The lowest BCUT2D eigenvalue weighted by atomic mass is 9.87. The first-order chi connectivity index (χ1) is 10.9. The topological polar surface area (TPSA) is 83.5 Å². The van der Waals surface area contributed by atoms with Gasteiger partial charge in [0.25, 0.3) is 6.09 Å². The van der Waals surface area contributed by atoms with Gasteiger partial charge in [0.2, 0.25) is 6.04 Å². The molecule has 0 bridgehead atoms. The highest BCUT2D eigenvalue weighted by Crippen LogP contribution is 2.33. The lowest BCUT2D eigenvalue weighted by molar-refractivity contribution is -0.887. The van der Waals surface area contributed by atoms with E-state index in [0.717, 1.165) is 12.7 Å². The van der Waals surface area contributed by atoms with Crippen molar-refractivity contribution < 1.29 is 33.1 Å². The average Bonchev–Trinajstić information content (AvgIpc) is 2.56. The summed E-state index contributed by atoms with van der Waals surface area (Å²) < 4.78 is 16.8. The van der Waals surface area contributed by atoms with E-state index in [4.69, 9.17) is 0 Å². The molecule has 1 atom stereocenters. The second-order valence-electron chi connectivity index (χ2n) is 5.68. The summed E-state index contributed by atoms with van der Waals surface area (Å²) in [5.41, 5.74) is 0.906.